The van der Waals surface area contributed by atoms with Crippen LogP contribution in [-0.4, -0.2) is 16.8 Å². The molecule has 0 N–H and O–H groups in total. The molecule has 0 bridgehead atoms. The zero-order valence-corrected chi connectivity index (χ0v) is 12.4. The lowest BCUT2D eigenvalue weighted by Gasteiger charge is -2.11. The van der Waals surface area contributed by atoms with E-state index < -0.39 is 0 Å². The molecule has 0 radical (unpaired) electrons. The number of rotatable bonds is 4. The molecular weight excluding hydrogens is 286 g/mol. The van der Waals surface area contributed by atoms with E-state index in [0.29, 0.717) is 23.2 Å². The van der Waals surface area contributed by atoms with Gasteiger partial charge in [-0.15, -0.1) is 11.8 Å². The molecule has 1 atom stereocenters. The summed E-state index contributed by atoms with van der Waals surface area (Å²) in [5.41, 5.74) is 2.13. The number of fused-ring (bicyclic) bond motifs is 1. The molecule has 0 saturated carbocycles. The van der Waals surface area contributed by atoms with E-state index in [9.17, 15) is 10.1 Å². The zero-order valence-electron chi connectivity index (χ0n) is 11.6. The van der Waals surface area contributed by atoms with E-state index in [-0.39, 0.29) is 10.6 Å². The number of nitro benzene ring substituents is 1. The number of nitrogens with zero attached hydrogens (tertiary/aromatic N) is 1. The van der Waals surface area contributed by atoms with Crippen molar-refractivity contribution in [1.29, 1.82) is 0 Å². The van der Waals surface area contributed by atoms with E-state index in [2.05, 4.69) is 24.3 Å². The lowest BCUT2D eigenvalue weighted by molar-refractivity contribution is -0.385. The number of hydrogen-bond acceptors (Lipinski definition) is 4. The summed E-state index contributed by atoms with van der Waals surface area (Å²) in [6, 6.07) is 13.3. The highest BCUT2D eigenvalue weighted by atomic mass is 32.2. The van der Waals surface area contributed by atoms with Crippen LogP contribution in [0.5, 0.6) is 5.75 Å². The molecular formula is C16H15NO3S. The quantitative estimate of drug-likeness (QED) is 0.632. The first-order chi connectivity index (χ1) is 10.1. The highest BCUT2D eigenvalue weighted by molar-refractivity contribution is 8.00. The van der Waals surface area contributed by atoms with Crippen molar-refractivity contribution in [2.45, 2.75) is 23.5 Å². The third-order valence-electron chi connectivity index (χ3n) is 3.51. The predicted molar refractivity (Wildman–Crippen MR) is 83.1 cm³/mol. The summed E-state index contributed by atoms with van der Waals surface area (Å²) in [6.45, 7) is 2.34. The predicted octanol–water partition coefficient (Wildman–Crippen LogP) is 4.00. The molecule has 1 heterocycles. The normalized spacial score (nSPS) is 16.5. The van der Waals surface area contributed by atoms with Crippen molar-refractivity contribution in [1.82, 2.24) is 0 Å². The van der Waals surface area contributed by atoms with Crippen molar-refractivity contribution < 1.29 is 9.66 Å². The van der Waals surface area contributed by atoms with E-state index in [1.165, 1.54) is 16.5 Å². The number of thioether (sulfide) groups is 1. The molecule has 0 spiro atoms. The monoisotopic (exact) mass is 301 g/mol. The smallest absolute Gasteiger partial charge is 0.272 e. The van der Waals surface area contributed by atoms with Crippen LogP contribution in [0.25, 0.3) is 0 Å². The molecule has 1 unspecified atom stereocenters. The molecule has 21 heavy (non-hydrogen) atoms. The minimum atomic E-state index is -0.372. The van der Waals surface area contributed by atoms with Crippen LogP contribution in [0.3, 0.4) is 0 Å². The molecule has 0 aromatic heterocycles. The molecule has 3 rings (SSSR count). The van der Waals surface area contributed by atoms with Crippen molar-refractivity contribution in [3.8, 4) is 5.75 Å². The van der Waals surface area contributed by atoms with Crippen molar-refractivity contribution >= 4 is 17.4 Å². The molecule has 2 aromatic rings. The van der Waals surface area contributed by atoms with Gasteiger partial charge in [-0.2, -0.15) is 0 Å². The standard InChI is InChI=1S/C16H15NO3S/c1-11-8-13(6-7-15(11)17(18)19)20-10-14-9-12-4-2-3-5-16(12)21-14/h2-8,14H,9-10H2,1H3. The molecule has 2 aromatic carbocycles. The maximum atomic E-state index is 10.8. The lowest BCUT2D eigenvalue weighted by atomic mass is 10.1. The fraction of sp³-hybridized carbons (Fsp3) is 0.250. The van der Waals surface area contributed by atoms with Crippen molar-refractivity contribution in [2.24, 2.45) is 0 Å². The molecule has 1 aliphatic rings. The second-order valence-electron chi connectivity index (χ2n) is 5.07. The Kier molecular flexibility index (Phi) is 3.84. The topological polar surface area (TPSA) is 52.4 Å². The van der Waals surface area contributed by atoms with Crippen LogP contribution in [-0.2, 0) is 6.42 Å². The summed E-state index contributed by atoms with van der Waals surface area (Å²) in [6.07, 6.45) is 1.01. The van der Waals surface area contributed by atoms with Gasteiger partial charge in [0.15, 0.2) is 0 Å². The molecule has 108 valence electrons. The Labute approximate surface area is 127 Å². The molecule has 1 aliphatic heterocycles. The van der Waals surface area contributed by atoms with E-state index in [4.69, 9.17) is 4.74 Å². The molecule has 0 amide bonds. The Bertz CT molecular complexity index is 662. The Morgan fingerprint density at radius 1 is 1.33 bits per heavy atom. The van der Waals surface area contributed by atoms with Crippen molar-refractivity contribution in [3.63, 3.8) is 0 Å². The average molecular weight is 301 g/mol. The summed E-state index contributed by atoms with van der Waals surface area (Å²) >= 11 is 1.83. The maximum Gasteiger partial charge on any atom is 0.272 e. The van der Waals surface area contributed by atoms with Gasteiger partial charge in [-0.25, -0.2) is 0 Å². The SMILES string of the molecule is Cc1cc(OCC2Cc3ccccc3S2)ccc1[N+](=O)[O-]. The van der Waals surface area contributed by atoms with Crippen LogP contribution < -0.4 is 4.74 Å². The Morgan fingerprint density at radius 3 is 2.86 bits per heavy atom. The molecule has 0 saturated heterocycles. The van der Waals surface area contributed by atoms with Gasteiger partial charge in [0, 0.05) is 21.8 Å². The first kappa shape index (κ1) is 13.9. The van der Waals surface area contributed by atoms with Gasteiger partial charge in [-0.1, -0.05) is 18.2 Å². The van der Waals surface area contributed by atoms with Crippen LogP contribution in [0.2, 0.25) is 0 Å². The third-order valence-corrected chi connectivity index (χ3v) is 4.80. The number of hydrogen-bond donors (Lipinski definition) is 0. The summed E-state index contributed by atoms with van der Waals surface area (Å²) in [5.74, 6) is 0.689. The second-order valence-corrected chi connectivity index (χ2v) is 6.41. The van der Waals surface area contributed by atoms with Gasteiger partial charge in [-0.3, -0.25) is 10.1 Å². The van der Waals surface area contributed by atoms with E-state index >= 15 is 0 Å². The average Bonchev–Trinajstić information content (AvgIpc) is 2.87. The molecule has 5 heteroatoms. The van der Waals surface area contributed by atoms with Gasteiger partial charge >= 0.3 is 0 Å². The van der Waals surface area contributed by atoms with Gasteiger partial charge in [0.25, 0.3) is 5.69 Å². The Morgan fingerprint density at radius 2 is 2.14 bits per heavy atom. The summed E-state index contributed by atoms with van der Waals surface area (Å²) < 4.78 is 5.79. The number of aryl methyl sites for hydroxylation is 1. The summed E-state index contributed by atoms with van der Waals surface area (Å²) in [4.78, 5) is 11.7. The molecule has 4 nitrogen and oxygen atoms in total. The van der Waals surface area contributed by atoms with Crippen LogP contribution >= 0.6 is 11.8 Å². The van der Waals surface area contributed by atoms with Crippen LogP contribution in [0.1, 0.15) is 11.1 Å². The minimum Gasteiger partial charge on any atom is -0.492 e. The Balaban J connectivity index is 1.62. The van der Waals surface area contributed by atoms with Gasteiger partial charge < -0.3 is 4.74 Å². The number of benzene rings is 2. The molecule has 0 aliphatic carbocycles. The van der Waals surface area contributed by atoms with Gasteiger partial charge in [-0.05, 0) is 37.1 Å². The lowest BCUT2D eigenvalue weighted by Crippen LogP contribution is -2.13. The minimum absolute atomic E-state index is 0.130. The largest absolute Gasteiger partial charge is 0.492 e. The van der Waals surface area contributed by atoms with Gasteiger partial charge in [0.05, 0.1) is 4.92 Å². The highest BCUT2D eigenvalue weighted by Crippen LogP contribution is 2.37. The fourth-order valence-corrected chi connectivity index (χ4v) is 3.68. The first-order valence-corrected chi connectivity index (χ1v) is 7.64. The first-order valence-electron chi connectivity index (χ1n) is 6.76. The van der Waals surface area contributed by atoms with Crippen molar-refractivity contribution in [3.05, 3.63) is 63.7 Å². The summed E-state index contributed by atoms with van der Waals surface area (Å²) in [5, 5.41) is 11.2. The number of nitro groups is 1. The zero-order chi connectivity index (χ0) is 14.8. The molecule has 0 fully saturated rings. The second kappa shape index (κ2) is 5.77. The van der Waals surface area contributed by atoms with Crippen LogP contribution in [0.4, 0.5) is 5.69 Å². The Hall–Kier alpha value is -2.01. The van der Waals surface area contributed by atoms with Gasteiger partial charge in [0.2, 0.25) is 0 Å². The van der Waals surface area contributed by atoms with E-state index in [1.54, 1.807) is 19.1 Å². The van der Waals surface area contributed by atoms with Gasteiger partial charge in [0.1, 0.15) is 12.4 Å². The maximum absolute atomic E-state index is 10.8. The van der Waals surface area contributed by atoms with Crippen LogP contribution in [0.15, 0.2) is 47.4 Å². The fourth-order valence-electron chi connectivity index (χ4n) is 2.46. The van der Waals surface area contributed by atoms with Crippen molar-refractivity contribution in [2.75, 3.05) is 6.61 Å². The highest BCUT2D eigenvalue weighted by Gasteiger charge is 2.22. The van der Waals surface area contributed by atoms with E-state index in [1.807, 2.05) is 11.8 Å². The van der Waals surface area contributed by atoms with E-state index in [0.717, 1.165) is 6.42 Å². The summed E-state index contributed by atoms with van der Waals surface area (Å²) in [7, 11) is 0. The third kappa shape index (κ3) is 3.03. The number of ether oxygens (including phenoxy) is 1. The van der Waals surface area contributed by atoms with Crippen LogP contribution in [0, 0.1) is 17.0 Å².